The number of ether oxygens (including phenoxy) is 1. The molecule has 19 heavy (non-hydrogen) atoms. The highest BCUT2D eigenvalue weighted by molar-refractivity contribution is 8.00. The molecule has 0 saturated carbocycles. The Morgan fingerprint density at radius 1 is 1.37 bits per heavy atom. The van der Waals surface area contributed by atoms with Crippen molar-refractivity contribution in [2.75, 3.05) is 11.5 Å². The summed E-state index contributed by atoms with van der Waals surface area (Å²) in [7, 11) is 0. The third-order valence-electron chi connectivity index (χ3n) is 2.03. The molecule has 0 amide bonds. The first kappa shape index (κ1) is 15.4. The number of esters is 1. The van der Waals surface area contributed by atoms with Gasteiger partial charge < -0.3 is 15.6 Å². The molecule has 0 spiro atoms. The monoisotopic (exact) mass is 283 g/mol. The van der Waals surface area contributed by atoms with Crippen LogP contribution in [0.15, 0.2) is 23.1 Å². The van der Waals surface area contributed by atoms with Crippen LogP contribution in [0.1, 0.15) is 31.1 Å². The lowest BCUT2D eigenvalue weighted by atomic mass is 10.2. The molecule has 0 heterocycles. The zero-order chi connectivity index (χ0) is 14.6. The second-order valence-electron chi connectivity index (χ2n) is 4.90. The van der Waals surface area contributed by atoms with Gasteiger partial charge in [-0.2, -0.15) is 0 Å². The number of aromatic carboxylic acids is 1. The van der Waals surface area contributed by atoms with E-state index in [1.165, 1.54) is 6.07 Å². The lowest BCUT2D eigenvalue weighted by Gasteiger charge is -2.19. The molecule has 0 saturated heterocycles. The van der Waals surface area contributed by atoms with E-state index in [0.29, 0.717) is 10.6 Å². The van der Waals surface area contributed by atoms with Gasteiger partial charge in [0, 0.05) is 10.6 Å². The van der Waals surface area contributed by atoms with Crippen molar-refractivity contribution >= 4 is 29.4 Å². The van der Waals surface area contributed by atoms with Gasteiger partial charge in [0.25, 0.3) is 0 Å². The molecule has 0 atom stereocenters. The second-order valence-corrected chi connectivity index (χ2v) is 5.89. The third-order valence-corrected chi connectivity index (χ3v) is 3.15. The molecule has 3 N–H and O–H groups in total. The number of nitrogens with two attached hydrogens (primary N) is 1. The first-order valence-electron chi connectivity index (χ1n) is 5.67. The molecule has 104 valence electrons. The highest BCUT2D eigenvalue weighted by atomic mass is 32.2. The largest absolute Gasteiger partial charge is 0.478 e. The predicted molar refractivity (Wildman–Crippen MR) is 74.4 cm³/mol. The van der Waals surface area contributed by atoms with Crippen LogP contribution in [0.25, 0.3) is 0 Å². The molecular formula is C13H17NO4S. The number of rotatable bonds is 4. The Labute approximate surface area is 116 Å². The van der Waals surface area contributed by atoms with Crippen molar-refractivity contribution in [2.45, 2.75) is 31.3 Å². The minimum absolute atomic E-state index is 0.0196. The van der Waals surface area contributed by atoms with E-state index < -0.39 is 17.5 Å². The molecule has 0 bridgehead atoms. The quantitative estimate of drug-likeness (QED) is 0.501. The van der Waals surface area contributed by atoms with Crippen LogP contribution in [0, 0.1) is 0 Å². The maximum atomic E-state index is 11.6. The molecule has 1 rings (SSSR count). The lowest BCUT2D eigenvalue weighted by molar-refractivity contribution is -0.151. The molecule has 0 fully saturated rings. The van der Waals surface area contributed by atoms with Crippen molar-refractivity contribution in [3.05, 3.63) is 23.8 Å². The maximum Gasteiger partial charge on any atom is 0.336 e. The van der Waals surface area contributed by atoms with E-state index in [4.69, 9.17) is 15.6 Å². The number of thioether (sulfide) groups is 1. The van der Waals surface area contributed by atoms with E-state index in [9.17, 15) is 9.59 Å². The van der Waals surface area contributed by atoms with Gasteiger partial charge in [-0.05, 0) is 32.9 Å². The summed E-state index contributed by atoms with van der Waals surface area (Å²) < 4.78 is 5.15. The molecule has 0 radical (unpaired) electrons. The average molecular weight is 283 g/mol. The summed E-state index contributed by atoms with van der Waals surface area (Å²) in [5.74, 6) is -1.46. The van der Waals surface area contributed by atoms with Crippen LogP contribution in [0.5, 0.6) is 0 Å². The van der Waals surface area contributed by atoms with Crippen LogP contribution in [-0.2, 0) is 9.53 Å². The average Bonchev–Trinajstić information content (AvgIpc) is 2.24. The van der Waals surface area contributed by atoms with Gasteiger partial charge in [0.1, 0.15) is 5.60 Å². The van der Waals surface area contributed by atoms with Crippen molar-refractivity contribution in [3.8, 4) is 0 Å². The van der Waals surface area contributed by atoms with Crippen molar-refractivity contribution in [3.63, 3.8) is 0 Å². The predicted octanol–water partition coefficient (Wildman–Crippen LogP) is 2.40. The summed E-state index contributed by atoms with van der Waals surface area (Å²) in [4.78, 5) is 23.0. The molecule has 0 aliphatic rings. The number of carboxylic acids is 1. The SMILES string of the molecule is CC(C)(C)OC(=O)CSc1c(N)cccc1C(=O)O. The van der Waals surface area contributed by atoms with E-state index >= 15 is 0 Å². The number of carboxylic acid groups (broad SMARTS) is 1. The highest BCUT2D eigenvalue weighted by Crippen LogP contribution is 2.29. The Morgan fingerprint density at radius 2 is 2.00 bits per heavy atom. The van der Waals surface area contributed by atoms with Crippen LogP contribution >= 0.6 is 11.8 Å². The van der Waals surface area contributed by atoms with Gasteiger partial charge in [-0.1, -0.05) is 6.07 Å². The number of carbonyl (C=O) groups excluding carboxylic acids is 1. The van der Waals surface area contributed by atoms with Crippen molar-refractivity contribution in [2.24, 2.45) is 0 Å². The summed E-state index contributed by atoms with van der Waals surface area (Å²) in [6.07, 6.45) is 0. The van der Waals surface area contributed by atoms with E-state index in [2.05, 4.69) is 0 Å². The van der Waals surface area contributed by atoms with E-state index in [0.717, 1.165) is 11.8 Å². The smallest absolute Gasteiger partial charge is 0.336 e. The standard InChI is InChI=1S/C13H17NO4S/c1-13(2,3)18-10(15)7-19-11-8(12(16)17)5-4-6-9(11)14/h4-6H,7,14H2,1-3H3,(H,16,17). The Hall–Kier alpha value is -1.69. The number of anilines is 1. The Balaban J connectivity index is 2.78. The zero-order valence-corrected chi connectivity index (χ0v) is 11.9. The van der Waals surface area contributed by atoms with Crippen molar-refractivity contribution < 1.29 is 19.4 Å². The number of benzene rings is 1. The number of hydrogen-bond donors (Lipinski definition) is 2. The van der Waals surface area contributed by atoms with E-state index in [-0.39, 0.29) is 11.3 Å². The fourth-order valence-electron chi connectivity index (χ4n) is 1.39. The second kappa shape index (κ2) is 5.97. The molecule has 1 aromatic carbocycles. The van der Waals surface area contributed by atoms with Gasteiger partial charge in [-0.3, -0.25) is 4.79 Å². The van der Waals surface area contributed by atoms with Gasteiger partial charge in [-0.25, -0.2) is 4.79 Å². The van der Waals surface area contributed by atoms with Gasteiger partial charge in [0.2, 0.25) is 0 Å². The summed E-state index contributed by atoms with van der Waals surface area (Å²) >= 11 is 1.07. The zero-order valence-electron chi connectivity index (χ0n) is 11.1. The van der Waals surface area contributed by atoms with E-state index in [1.54, 1.807) is 32.9 Å². The summed E-state index contributed by atoms with van der Waals surface area (Å²) in [6.45, 7) is 5.32. The van der Waals surface area contributed by atoms with Gasteiger partial charge in [0.15, 0.2) is 0 Å². The normalized spacial score (nSPS) is 11.1. The fraction of sp³-hybridized carbons (Fsp3) is 0.385. The van der Waals surface area contributed by atoms with Gasteiger partial charge >= 0.3 is 11.9 Å². The molecule has 5 nitrogen and oxygen atoms in total. The topological polar surface area (TPSA) is 89.6 Å². The van der Waals surface area contributed by atoms with Crippen LogP contribution < -0.4 is 5.73 Å². The summed E-state index contributed by atoms with van der Waals surface area (Å²) in [5, 5.41) is 9.06. The summed E-state index contributed by atoms with van der Waals surface area (Å²) in [5.41, 5.74) is 5.61. The van der Waals surface area contributed by atoms with Crippen molar-refractivity contribution in [1.29, 1.82) is 0 Å². The molecule has 0 aliphatic carbocycles. The lowest BCUT2D eigenvalue weighted by Crippen LogP contribution is -2.25. The van der Waals surface area contributed by atoms with Crippen LogP contribution in [0.3, 0.4) is 0 Å². The van der Waals surface area contributed by atoms with E-state index in [1.807, 2.05) is 0 Å². The van der Waals surface area contributed by atoms with Crippen molar-refractivity contribution in [1.82, 2.24) is 0 Å². The molecule has 0 aliphatic heterocycles. The first-order valence-corrected chi connectivity index (χ1v) is 6.65. The number of hydrogen-bond acceptors (Lipinski definition) is 5. The molecule has 1 aromatic rings. The number of carbonyl (C=O) groups is 2. The highest BCUT2D eigenvalue weighted by Gasteiger charge is 2.19. The van der Waals surface area contributed by atoms with Gasteiger partial charge in [0.05, 0.1) is 11.3 Å². The molecule has 0 aromatic heterocycles. The van der Waals surface area contributed by atoms with Crippen LogP contribution in [0.2, 0.25) is 0 Å². The molecule has 6 heteroatoms. The Kier molecular flexibility index (Phi) is 4.83. The Bertz CT molecular complexity index is 494. The number of nitrogen functional groups attached to an aromatic ring is 1. The first-order chi connectivity index (χ1) is 8.70. The summed E-state index contributed by atoms with van der Waals surface area (Å²) in [6, 6.07) is 4.62. The maximum absolute atomic E-state index is 11.6. The molecular weight excluding hydrogens is 266 g/mol. The minimum atomic E-state index is -1.07. The molecule has 0 unspecified atom stereocenters. The van der Waals surface area contributed by atoms with Crippen LogP contribution in [-0.4, -0.2) is 28.4 Å². The minimum Gasteiger partial charge on any atom is -0.478 e. The Morgan fingerprint density at radius 3 is 2.53 bits per heavy atom. The fourth-order valence-corrected chi connectivity index (χ4v) is 2.25. The van der Waals surface area contributed by atoms with Gasteiger partial charge in [-0.15, -0.1) is 11.8 Å². The third kappa shape index (κ3) is 4.82. The van der Waals surface area contributed by atoms with Crippen LogP contribution in [0.4, 0.5) is 5.69 Å².